The monoisotopic (exact) mass is 398 g/mol. The second kappa shape index (κ2) is 7.62. The highest BCUT2D eigenvalue weighted by atomic mass is 32.1. The number of hydrogen-bond acceptors (Lipinski definition) is 5. The minimum Gasteiger partial charge on any atom is -0.355 e. The molecule has 150 valence electrons. The molecule has 0 aromatic carbocycles. The van der Waals surface area contributed by atoms with Crippen LogP contribution in [0.3, 0.4) is 0 Å². The lowest BCUT2D eigenvalue weighted by atomic mass is 9.84. The first-order chi connectivity index (χ1) is 13.8. The van der Waals surface area contributed by atoms with Crippen LogP contribution in [0.1, 0.15) is 64.2 Å². The van der Waals surface area contributed by atoms with Crippen molar-refractivity contribution < 1.29 is 4.79 Å². The summed E-state index contributed by atoms with van der Waals surface area (Å²) in [4.78, 5) is 26.6. The van der Waals surface area contributed by atoms with Crippen molar-refractivity contribution in [3.8, 4) is 0 Å². The van der Waals surface area contributed by atoms with E-state index in [-0.39, 0.29) is 5.54 Å². The van der Waals surface area contributed by atoms with Crippen LogP contribution in [0.4, 0.5) is 5.82 Å². The Morgan fingerprint density at radius 1 is 1.07 bits per heavy atom. The van der Waals surface area contributed by atoms with Crippen molar-refractivity contribution >= 4 is 33.3 Å². The molecule has 28 heavy (non-hydrogen) atoms. The number of thiophene rings is 1. The maximum absolute atomic E-state index is 12.8. The van der Waals surface area contributed by atoms with Crippen molar-refractivity contribution in [3.63, 3.8) is 0 Å². The van der Waals surface area contributed by atoms with Crippen molar-refractivity contribution in [3.05, 3.63) is 17.8 Å². The normalized spacial score (nSPS) is 27.1. The van der Waals surface area contributed by atoms with Gasteiger partial charge in [-0.25, -0.2) is 9.97 Å². The third-order valence-electron chi connectivity index (χ3n) is 7.28. The molecule has 5 rings (SSSR count). The van der Waals surface area contributed by atoms with E-state index in [1.807, 2.05) is 0 Å². The zero-order valence-corrected chi connectivity index (χ0v) is 17.4. The third-order valence-corrected chi connectivity index (χ3v) is 8.18. The molecule has 1 atom stereocenters. The lowest BCUT2D eigenvalue weighted by molar-refractivity contribution is -0.132. The van der Waals surface area contributed by atoms with Crippen LogP contribution in [0.25, 0.3) is 10.2 Å². The van der Waals surface area contributed by atoms with Gasteiger partial charge < -0.3 is 9.80 Å². The summed E-state index contributed by atoms with van der Waals surface area (Å²) in [5.74, 6) is 2.21. The summed E-state index contributed by atoms with van der Waals surface area (Å²) in [6.07, 6.45) is 13.5. The first-order valence-electron chi connectivity index (χ1n) is 11.0. The van der Waals surface area contributed by atoms with E-state index in [4.69, 9.17) is 0 Å². The van der Waals surface area contributed by atoms with Gasteiger partial charge in [0.1, 0.15) is 12.1 Å². The first kappa shape index (κ1) is 18.3. The van der Waals surface area contributed by atoms with Crippen LogP contribution in [-0.2, 0) is 4.79 Å². The summed E-state index contributed by atoms with van der Waals surface area (Å²) in [6, 6.07) is 2.08. The lowest BCUT2D eigenvalue weighted by Crippen LogP contribution is -2.48. The second-order valence-electron chi connectivity index (χ2n) is 8.91. The molecule has 6 heteroatoms. The molecule has 1 saturated carbocycles. The van der Waals surface area contributed by atoms with Crippen LogP contribution in [-0.4, -0.2) is 45.9 Å². The quantitative estimate of drug-likeness (QED) is 0.757. The van der Waals surface area contributed by atoms with Gasteiger partial charge in [-0.3, -0.25) is 4.79 Å². The van der Waals surface area contributed by atoms with Crippen LogP contribution in [0, 0.1) is 5.92 Å². The number of carbonyl (C=O) groups is 1. The van der Waals surface area contributed by atoms with Gasteiger partial charge >= 0.3 is 0 Å². The van der Waals surface area contributed by atoms with Gasteiger partial charge in [0.25, 0.3) is 0 Å². The molecular formula is C22H30N4OS. The fraction of sp³-hybridized carbons (Fsp3) is 0.682. The maximum Gasteiger partial charge on any atom is 0.223 e. The average molecular weight is 399 g/mol. The highest BCUT2D eigenvalue weighted by Crippen LogP contribution is 2.42. The van der Waals surface area contributed by atoms with Crippen LogP contribution in [0.15, 0.2) is 17.8 Å². The highest BCUT2D eigenvalue weighted by molar-refractivity contribution is 7.17. The van der Waals surface area contributed by atoms with E-state index in [9.17, 15) is 4.79 Å². The molecule has 3 aliphatic rings. The topological polar surface area (TPSA) is 49.3 Å². The lowest BCUT2D eigenvalue weighted by Gasteiger charge is -2.41. The predicted octanol–water partition coefficient (Wildman–Crippen LogP) is 4.62. The molecule has 1 unspecified atom stereocenters. The number of fused-ring (bicyclic) bond motifs is 1. The van der Waals surface area contributed by atoms with E-state index in [1.165, 1.54) is 36.8 Å². The van der Waals surface area contributed by atoms with E-state index in [0.29, 0.717) is 5.91 Å². The van der Waals surface area contributed by atoms with Crippen molar-refractivity contribution in [1.29, 1.82) is 0 Å². The molecule has 2 aliphatic heterocycles. The van der Waals surface area contributed by atoms with E-state index in [2.05, 4.69) is 31.2 Å². The summed E-state index contributed by atoms with van der Waals surface area (Å²) in [6.45, 7) is 3.01. The Morgan fingerprint density at radius 3 is 2.86 bits per heavy atom. The standard InChI is InChI=1S/C22H30N4OS/c27-19-7-10-22(26(19)15-17-5-2-1-3-6-17)9-4-12-25(13-11-22)21-20-18(8-14-28-20)23-16-24-21/h8,14,16-17H,1-7,9-13,15H2. The second-order valence-corrected chi connectivity index (χ2v) is 9.82. The molecule has 1 amide bonds. The maximum atomic E-state index is 12.8. The van der Waals surface area contributed by atoms with Crippen LogP contribution in [0.5, 0.6) is 0 Å². The molecule has 0 radical (unpaired) electrons. The largest absolute Gasteiger partial charge is 0.355 e. The number of hydrogen-bond donors (Lipinski definition) is 0. The van der Waals surface area contributed by atoms with Crippen LogP contribution < -0.4 is 4.90 Å². The number of likely N-dealkylation sites (tertiary alicyclic amines) is 1. The number of rotatable bonds is 3. The van der Waals surface area contributed by atoms with Crippen molar-refractivity contribution in [2.45, 2.75) is 69.7 Å². The van der Waals surface area contributed by atoms with E-state index >= 15 is 0 Å². The molecule has 2 aromatic heterocycles. The Kier molecular flexibility index (Phi) is 4.99. The molecule has 2 aromatic rings. The molecule has 3 fully saturated rings. The molecule has 2 saturated heterocycles. The Bertz CT molecular complexity index is 846. The highest BCUT2D eigenvalue weighted by Gasteiger charge is 2.46. The van der Waals surface area contributed by atoms with Gasteiger partial charge in [0.15, 0.2) is 0 Å². The Labute approximate surface area is 171 Å². The first-order valence-corrected chi connectivity index (χ1v) is 11.9. The molecule has 0 N–H and O–H groups in total. The summed E-state index contributed by atoms with van der Waals surface area (Å²) < 4.78 is 1.19. The zero-order valence-electron chi connectivity index (χ0n) is 16.6. The SMILES string of the molecule is O=C1CCC2(CCCN(c3ncnc4ccsc34)CC2)N1CC1CCCCC1. The minimum atomic E-state index is 0.0882. The Hall–Kier alpha value is -1.69. The van der Waals surface area contributed by atoms with Crippen molar-refractivity contribution in [1.82, 2.24) is 14.9 Å². The van der Waals surface area contributed by atoms with Crippen LogP contribution >= 0.6 is 11.3 Å². The molecule has 1 spiro atoms. The van der Waals surface area contributed by atoms with Gasteiger partial charge in [-0.2, -0.15) is 0 Å². The number of anilines is 1. The van der Waals surface area contributed by atoms with Gasteiger partial charge in [-0.1, -0.05) is 19.3 Å². The van der Waals surface area contributed by atoms with E-state index < -0.39 is 0 Å². The predicted molar refractivity (Wildman–Crippen MR) is 114 cm³/mol. The third kappa shape index (κ3) is 3.30. The van der Waals surface area contributed by atoms with Crippen molar-refractivity contribution in [2.75, 3.05) is 24.5 Å². The fourth-order valence-corrected chi connectivity index (χ4v) is 6.57. The van der Waals surface area contributed by atoms with Gasteiger partial charge in [-0.15, -0.1) is 11.3 Å². The van der Waals surface area contributed by atoms with Gasteiger partial charge in [0.2, 0.25) is 5.91 Å². The summed E-state index contributed by atoms with van der Waals surface area (Å²) in [5, 5.41) is 2.10. The van der Waals surface area contributed by atoms with Gasteiger partial charge in [0, 0.05) is 31.6 Å². The summed E-state index contributed by atoms with van der Waals surface area (Å²) in [5.41, 5.74) is 1.13. The summed E-state index contributed by atoms with van der Waals surface area (Å²) in [7, 11) is 0. The van der Waals surface area contributed by atoms with E-state index in [0.717, 1.165) is 69.0 Å². The Morgan fingerprint density at radius 2 is 1.96 bits per heavy atom. The van der Waals surface area contributed by atoms with Gasteiger partial charge in [0.05, 0.1) is 10.2 Å². The zero-order chi connectivity index (χ0) is 19.0. The molecule has 1 aliphatic carbocycles. The average Bonchev–Trinajstić information content (AvgIpc) is 3.25. The Balaban J connectivity index is 1.35. The van der Waals surface area contributed by atoms with E-state index in [1.54, 1.807) is 17.7 Å². The number of nitrogens with zero attached hydrogens (tertiary/aromatic N) is 4. The fourth-order valence-electron chi connectivity index (χ4n) is 5.71. The molecule has 4 heterocycles. The number of aromatic nitrogens is 2. The molecule has 0 bridgehead atoms. The smallest absolute Gasteiger partial charge is 0.223 e. The summed E-state index contributed by atoms with van der Waals surface area (Å²) >= 11 is 1.73. The number of amides is 1. The molecule has 5 nitrogen and oxygen atoms in total. The molecular weight excluding hydrogens is 368 g/mol. The number of carbonyl (C=O) groups excluding carboxylic acids is 1. The van der Waals surface area contributed by atoms with Gasteiger partial charge in [-0.05, 0) is 55.9 Å². The van der Waals surface area contributed by atoms with Crippen molar-refractivity contribution in [2.24, 2.45) is 5.92 Å². The van der Waals surface area contributed by atoms with Crippen LogP contribution in [0.2, 0.25) is 0 Å². The minimum absolute atomic E-state index is 0.0882.